The summed E-state index contributed by atoms with van der Waals surface area (Å²) < 4.78 is 5.36. The summed E-state index contributed by atoms with van der Waals surface area (Å²) in [6, 6.07) is 27.1. The summed E-state index contributed by atoms with van der Waals surface area (Å²) in [7, 11) is 1.69. The minimum absolute atomic E-state index is 0.468. The highest BCUT2D eigenvalue weighted by atomic mass is 16.5. The van der Waals surface area contributed by atoms with Crippen molar-refractivity contribution < 1.29 is 4.74 Å². The van der Waals surface area contributed by atoms with E-state index >= 15 is 0 Å². The third kappa shape index (κ3) is 2.55. The normalized spacial score (nSPS) is 17.8. The van der Waals surface area contributed by atoms with Crippen LogP contribution >= 0.6 is 0 Å². The molecule has 0 saturated carbocycles. The lowest BCUT2D eigenvalue weighted by atomic mass is 9.79. The highest BCUT2D eigenvalue weighted by Gasteiger charge is 2.35. The maximum absolute atomic E-state index is 5.36. The number of anilines is 1. The van der Waals surface area contributed by atoms with Crippen LogP contribution in [0, 0.1) is 0 Å². The van der Waals surface area contributed by atoms with E-state index in [0.29, 0.717) is 0 Å². The monoisotopic (exact) mass is 364 g/mol. The van der Waals surface area contributed by atoms with Gasteiger partial charge in [-0.2, -0.15) is 0 Å². The minimum atomic E-state index is -0.468. The van der Waals surface area contributed by atoms with Gasteiger partial charge in [0.05, 0.1) is 18.3 Å². The Hall–Kier alpha value is -3.59. The predicted molar refractivity (Wildman–Crippen MR) is 115 cm³/mol. The van der Waals surface area contributed by atoms with Gasteiger partial charge in [-0.3, -0.25) is 4.98 Å². The fourth-order valence-electron chi connectivity index (χ4n) is 3.96. The zero-order valence-corrected chi connectivity index (χ0v) is 15.6. The second-order valence-corrected chi connectivity index (χ2v) is 6.96. The molecular weight excluding hydrogens is 344 g/mol. The molecule has 0 bridgehead atoms. The van der Waals surface area contributed by atoms with Crippen molar-refractivity contribution in [1.82, 2.24) is 4.98 Å². The number of benzene rings is 3. The summed E-state index contributed by atoms with van der Waals surface area (Å²) in [4.78, 5) is 4.52. The number of hydrogen-bond donors (Lipinski definition) is 1. The summed E-state index contributed by atoms with van der Waals surface area (Å²) in [6.45, 7) is 0. The number of rotatable bonds is 3. The Kier molecular flexibility index (Phi) is 3.87. The lowest BCUT2D eigenvalue weighted by molar-refractivity contribution is 0.414. The van der Waals surface area contributed by atoms with Gasteiger partial charge < -0.3 is 10.1 Å². The molecule has 0 saturated heterocycles. The number of nitrogens with zero attached hydrogens (tertiary/aromatic N) is 1. The van der Waals surface area contributed by atoms with Crippen LogP contribution in [0.4, 0.5) is 5.69 Å². The fraction of sp³-hybridized carbons (Fsp3) is 0.0800. The first kappa shape index (κ1) is 16.6. The number of nitrogens with one attached hydrogen (secondary N) is 1. The SMILES string of the molecule is COc1ccc(C2(c3ccccc3)C=Cc3ccc4ncccc4c3N2)cc1. The molecule has 0 spiro atoms. The molecule has 0 radical (unpaired) electrons. The van der Waals surface area contributed by atoms with Crippen molar-refractivity contribution in [3.05, 3.63) is 108 Å². The molecule has 2 heterocycles. The first-order valence-electron chi connectivity index (χ1n) is 9.35. The highest BCUT2D eigenvalue weighted by molar-refractivity contribution is 5.98. The molecular formula is C25H20N2O. The van der Waals surface area contributed by atoms with Crippen LogP contribution in [0.5, 0.6) is 5.75 Å². The number of hydrogen-bond acceptors (Lipinski definition) is 3. The average molecular weight is 364 g/mol. The molecule has 136 valence electrons. The largest absolute Gasteiger partial charge is 0.497 e. The molecule has 1 unspecified atom stereocenters. The fourth-order valence-corrected chi connectivity index (χ4v) is 3.96. The van der Waals surface area contributed by atoms with E-state index in [1.807, 2.05) is 30.5 Å². The lowest BCUT2D eigenvalue weighted by Crippen LogP contribution is -2.36. The Balaban J connectivity index is 1.74. The van der Waals surface area contributed by atoms with Gasteiger partial charge in [0.2, 0.25) is 0 Å². The number of ether oxygens (including phenoxy) is 1. The number of pyridine rings is 1. The Bertz CT molecular complexity index is 1170. The van der Waals surface area contributed by atoms with Gasteiger partial charge in [0.15, 0.2) is 0 Å². The van der Waals surface area contributed by atoms with Crippen LogP contribution < -0.4 is 10.1 Å². The van der Waals surface area contributed by atoms with Gasteiger partial charge in [-0.15, -0.1) is 0 Å². The molecule has 4 aromatic rings. The molecule has 3 nitrogen and oxygen atoms in total. The average Bonchev–Trinajstić information content (AvgIpc) is 2.79. The predicted octanol–water partition coefficient (Wildman–Crippen LogP) is 5.63. The van der Waals surface area contributed by atoms with Gasteiger partial charge in [0.25, 0.3) is 0 Å². The summed E-state index contributed by atoms with van der Waals surface area (Å²) in [5, 5.41) is 4.98. The Morgan fingerprint density at radius 3 is 2.39 bits per heavy atom. The smallest absolute Gasteiger partial charge is 0.118 e. The molecule has 28 heavy (non-hydrogen) atoms. The quantitative estimate of drug-likeness (QED) is 0.512. The van der Waals surface area contributed by atoms with Gasteiger partial charge in [-0.05, 0) is 53.1 Å². The van der Waals surface area contributed by atoms with E-state index in [9.17, 15) is 0 Å². The first-order valence-corrected chi connectivity index (χ1v) is 9.35. The molecule has 3 aromatic carbocycles. The zero-order valence-electron chi connectivity index (χ0n) is 15.6. The first-order chi connectivity index (χ1) is 13.8. The van der Waals surface area contributed by atoms with Gasteiger partial charge in [0, 0.05) is 11.6 Å². The van der Waals surface area contributed by atoms with Gasteiger partial charge >= 0.3 is 0 Å². The molecule has 1 aromatic heterocycles. The summed E-state index contributed by atoms with van der Waals surface area (Å²) in [5.41, 5.74) is 5.13. The zero-order chi connectivity index (χ0) is 19.0. The van der Waals surface area contributed by atoms with Crippen LogP contribution in [0.15, 0.2) is 91.1 Å². The third-order valence-electron chi connectivity index (χ3n) is 5.43. The topological polar surface area (TPSA) is 34.1 Å². The standard InChI is InChI=1S/C25H20N2O/c1-28-21-12-10-20(11-13-21)25(19-6-3-2-4-7-19)16-15-18-9-14-23-22(24(18)27-25)8-5-17-26-23/h2-17,27H,1H3. The van der Waals surface area contributed by atoms with E-state index in [4.69, 9.17) is 4.74 Å². The Morgan fingerprint density at radius 1 is 0.821 bits per heavy atom. The van der Waals surface area contributed by atoms with Crippen molar-refractivity contribution in [3.63, 3.8) is 0 Å². The summed E-state index contributed by atoms with van der Waals surface area (Å²) >= 11 is 0. The highest BCUT2D eigenvalue weighted by Crippen LogP contribution is 2.43. The van der Waals surface area contributed by atoms with Crippen molar-refractivity contribution in [2.75, 3.05) is 12.4 Å². The summed E-state index contributed by atoms with van der Waals surface area (Å²) in [6.07, 6.45) is 6.28. The third-order valence-corrected chi connectivity index (χ3v) is 5.43. The molecule has 1 N–H and O–H groups in total. The number of fused-ring (bicyclic) bond motifs is 3. The molecule has 5 rings (SSSR count). The van der Waals surface area contributed by atoms with Gasteiger partial charge in [0.1, 0.15) is 11.3 Å². The molecule has 0 aliphatic carbocycles. The minimum Gasteiger partial charge on any atom is -0.497 e. The Morgan fingerprint density at radius 2 is 1.61 bits per heavy atom. The van der Waals surface area contributed by atoms with E-state index in [-0.39, 0.29) is 0 Å². The molecule has 1 atom stereocenters. The molecule has 0 fully saturated rings. The Labute approximate surface area is 164 Å². The van der Waals surface area contributed by atoms with Crippen molar-refractivity contribution in [3.8, 4) is 5.75 Å². The van der Waals surface area contributed by atoms with Crippen LogP contribution in [0.25, 0.3) is 17.0 Å². The van der Waals surface area contributed by atoms with Crippen LogP contribution in [0.2, 0.25) is 0 Å². The second kappa shape index (κ2) is 6.54. The van der Waals surface area contributed by atoms with Crippen LogP contribution in [-0.2, 0) is 5.54 Å². The van der Waals surface area contributed by atoms with Crippen molar-refractivity contribution >= 4 is 22.7 Å². The summed E-state index contributed by atoms with van der Waals surface area (Å²) in [5.74, 6) is 0.849. The van der Waals surface area contributed by atoms with E-state index in [1.165, 1.54) is 11.1 Å². The molecule has 3 heteroatoms. The maximum Gasteiger partial charge on any atom is 0.118 e. The van der Waals surface area contributed by atoms with Gasteiger partial charge in [-0.25, -0.2) is 0 Å². The van der Waals surface area contributed by atoms with Crippen LogP contribution in [0.3, 0.4) is 0 Å². The van der Waals surface area contributed by atoms with E-state index in [2.05, 4.69) is 77.1 Å². The maximum atomic E-state index is 5.36. The van der Waals surface area contributed by atoms with Crippen molar-refractivity contribution in [2.45, 2.75) is 5.54 Å². The van der Waals surface area contributed by atoms with Crippen LogP contribution in [-0.4, -0.2) is 12.1 Å². The molecule has 1 aliphatic rings. The van der Waals surface area contributed by atoms with E-state index in [1.54, 1.807) is 7.11 Å². The van der Waals surface area contributed by atoms with Gasteiger partial charge in [-0.1, -0.05) is 54.6 Å². The lowest BCUT2D eigenvalue weighted by Gasteiger charge is -2.38. The molecule has 1 aliphatic heterocycles. The van der Waals surface area contributed by atoms with E-state index in [0.717, 1.165) is 27.9 Å². The second-order valence-electron chi connectivity index (χ2n) is 6.96. The molecule has 0 amide bonds. The number of aromatic nitrogens is 1. The van der Waals surface area contributed by atoms with Crippen LogP contribution in [0.1, 0.15) is 16.7 Å². The van der Waals surface area contributed by atoms with E-state index < -0.39 is 5.54 Å². The number of methoxy groups -OCH3 is 1. The van der Waals surface area contributed by atoms with Crippen molar-refractivity contribution in [2.24, 2.45) is 0 Å². The van der Waals surface area contributed by atoms with Crippen molar-refractivity contribution in [1.29, 1.82) is 0 Å².